The molecule has 0 bridgehead atoms. The maximum atomic E-state index is 11.9. The third kappa shape index (κ3) is 4.28. The molecule has 2 saturated heterocycles. The number of hydrogen-bond acceptors (Lipinski definition) is 3. The van der Waals surface area contributed by atoms with E-state index in [4.69, 9.17) is 0 Å². The standard InChI is InChI=1S/C14H26N2O2S/c1-11(2)14(17)16-7-3-12(4-8-16)15-13-5-9-19(18)10-6-13/h11-13,15H,3-10H2,1-2H3. The fraction of sp³-hybridized carbons (Fsp3) is 0.929. The second-order valence-corrected chi connectivity index (χ2v) is 7.74. The zero-order valence-corrected chi connectivity index (χ0v) is 12.9. The molecule has 0 spiro atoms. The Balaban J connectivity index is 1.71. The summed E-state index contributed by atoms with van der Waals surface area (Å²) in [4.78, 5) is 13.9. The lowest BCUT2D eigenvalue weighted by molar-refractivity contribution is -0.135. The fourth-order valence-corrected chi connectivity index (χ4v) is 4.22. The molecule has 2 aliphatic heterocycles. The Kier molecular flexibility index (Phi) is 5.39. The number of rotatable bonds is 3. The molecule has 2 heterocycles. The molecule has 0 saturated carbocycles. The second-order valence-electron chi connectivity index (χ2n) is 6.04. The van der Waals surface area contributed by atoms with Gasteiger partial charge in [0.05, 0.1) is 0 Å². The molecule has 0 radical (unpaired) electrons. The number of amides is 1. The molecule has 0 aliphatic carbocycles. The van der Waals surface area contributed by atoms with Gasteiger partial charge in [0.1, 0.15) is 0 Å². The lowest BCUT2D eigenvalue weighted by atomic mass is 10.0. The first-order valence-electron chi connectivity index (χ1n) is 7.46. The molecule has 110 valence electrons. The number of piperidine rings is 1. The minimum atomic E-state index is -0.578. The molecular formula is C14H26N2O2S. The molecule has 1 amide bonds. The minimum absolute atomic E-state index is 0.109. The van der Waals surface area contributed by atoms with Crippen molar-refractivity contribution in [3.63, 3.8) is 0 Å². The van der Waals surface area contributed by atoms with Crippen molar-refractivity contribution in [3.8, 4) is 0 Å². The van der Waals surface area contributed by atoms with Crippen LogP contribution in [-0.2, 0) is 15.6 Å². The highest BCUT2D eigenvalue weighted by atomic mass is 32.2. The zero-order valence-electron chi connectivity index (χ0n) is 12.1. The van der Waals surface area contributed by atoms with E-state index in [9.17, 15) is 9.00 Å². The van der Waals surface area contributed by atoms with E-state index in [0.29, 0.717) is 12.1 Å². The summed E-state index contributed by atoms with van der Waals surface area (Å²) in [7, 11) is -0.578. The zero-order chi connectivity index (χ0) is 13.8. The van der Waals surface area contributed by atoms with Gasteiger partial charge in [-0.05, 0) is 25.7 Å². The van der Waals surface area contributed by atoms with Gasteiger partial charge in [0.2, 0.25) is 5.91 Å². The van der Waals surface area contributed by atoms with E-state index in [1.165, 1.54) is 0 Å². The van der Waals surface area contributed by atoms with Crippen LogP contribution in [0.3, 0.4) is 0 Å². The maximum Gasteiger partial charge on any atom is 0.225 e. The Morgan fingerprint density at radius 2 is 1.63 bits per heavy atom. The first-order valence-corrected chi connectivity index (χ1v) is 8.95. The number of carbonyl (C=O) groups excluding carboxylic acids is 1. The molecule has 1 N–H and O–H groups in total. The molecule has 0 unspecified atom stereocenters. The number of likely N-dealkylation sites (tertiary alicyclic amines) is 1. The van der Waals surface area contributed by atoms with E-state index >= 15 is 0 Å². The molecule has 19 heavy (non-hydrogen) atoms. The fourth-order valence-electron chi connectivity index (χ4n) is 2.93. The van der Waals surface area contributed by atoms with Crippen molar-refractivity contribution in [3.05, 3.63) is 0 Å². The van der Waals surface area contributed by atoms with Crippen molar-refractivity contribution in [2.24, 2.45) is 5.92 Å². The van der Waals surface area contributed by atoms with Crippen molar-refractivity contribution in [2.75, 3.05) is 24.6 Å². The summed E-state index contributed by atoms with van der Waals surface area (Å²) in [5.74, 6) is 2.09. The molecule has 0 aromatic heterocycles. The summed E-state index contributed by atoms with van der Waals surface area (Å²) < 4.78 is 11.3. The van der Waals surface area contributed by atoms with Gasteiger partial charge >= 0.3 is 0 Å². The molecule has 0 aromatic rings. The number of nitrogens with zero attached hydrogens (tertiary/aromatic N) is 1. The molecule has 2 rings (SSSR count). The molecule has 2 fully saturated rings. The lowest BCUT2D eigenvalue weighted by Crippen LogP contribution is -2.49. The van der Waals surface area contributed by atoms with Crippen LogP contribution in [0.25, 0.3) is 0 Å². The SMILES string of the molecule is CC(C)C(=O)N1CCC(NC2CCS(=O)CC2)CC1. The highest BCUT2D eigenvalue weighted by molar-refractivity contribution is 7.85. The first kappa shape index (κ1) is 15.0. The van der Waals surface area contributed by atoms with Gasteiger partial charge in [-0.25, -0.2) is 0 Å². The van der Waals surface area contributed by atoms with Crippen molar-refractivity contribution in [2.45, 2.75) is 51.6 Å². The van der Waals surface area contributed by atoms with Gasteiger partial charge in [-0.15, -0.1) is 0 Å². The third-order valence-corrected chi connectivity index (χ3v) is 5.54. The van der Waals surface area contributed by atoms with Gasteiger partial charge in [-0.3, -0.25) is 9.00 Å². The number of carbonyl (C=O) groups is 1. The second kappa shape index (κ2) is 6.84. The average Bonchev–Trinajstić information content (AvgIpc) is 2.41. The third-order valence-electron chi connectivity index (χ3n) is 4.16. The summed E-state index contributed by atoms with van der Waals surface area (Å²) in [6.45, 7) is 5.70. The minimum Gasteiger partial charge on any atom is -0.342 e. The largest absolute Gasteiger partial charge is 0.342 e. The van der Waals surface area contributed by atoms with Crippen molar-refractivity contribution in [1.82, 2.24) is 10.2 Å². The average molecular weight is 286 g/mol. The Labute approximate surface area is 118 Å². The Bertz CT molecular complexity index is 328. The van der Waals surface area contributed by atoms with E-state index in [1.807, 2.05) is 18.7 Å². The highest BCUT2D eigenvalue weighted by Crippen LogP contribution is 2.16. The predicted molar refractivity (Wildman–Crippen MR) is 78.5 cm³/mol. The van der Waals surface area contributed by atoms with Crippen LogP contribution in [0.2, 0.25) is 0 Å². The number of hydrogen-bond donors (Lipinski definition) is 1. The highest BCUT2D eigenvalue weighted by Gasteiger charge is 2.26. The molecular weight excluding hydrogens is 260 g/mol. The van der Waals surface area contributed by atoms with Crippen LogP contribution in [-0.4, -0.2) is 51.7 Å². The van der Waals surface area contributed by atoms with Gasteiger partial charge in [-0.1, -0.05) is 13.8 Å². The summed E-state index contributed by atoms with van der Waals surface area (Å²) in [6, 6.07) is 1.07. The summed E-state index contributed by atoms with van der Waals surface area (Å²) in [5.41, 5.74) is 0. The van der Waals surface area contributed by atoms with Crippen molar-refractivity contribution >= 4 is 16.7 Å². The van der Waals surface area contributed by atoms with Crippen LogP contribution in [0.15, 0.2) is 0 Å². The van der Waals surface area contributed by atoms with Gasteiger partial charge in [0.15, 0.2) is 0 Å². The van der Waals surface area contributed by atoms with Gasteiger partial charge in [-0.2, -0.15) is 0 Å². The van der Waals surface area contributed by atoms with Crippen LogP contribution in [0.4, 0.5) is 0 Å². The summed E-state index contributed by atoms with van der Waals surface area (Å²) >= 11 is 0. The quantitative estimate of drug-likeness (QED) is 0.846. The van der Waals surface area contributed by atoms with E-state index in [1.54, 1.807) is 0 Å². The van der Waals surface area contributed by atoms with Crippen LogP contribution >= 0.6 is 0 Å². The van der Waals surface area contributed by atoms with Crippen LogP contribution in [0, 0.1) is 5.92 Å². The van der Waals surface area contributed by atoms with Crippen LogP contribution < -0.4 is 5.32 Å². The van der Waals surface area contributed by atoms with E-state index in [2.05, 4.69) is 5.32 Å². The van der Waals surface area contributed by atoms with Gasteiger partial charge in [0, 0.05) is 53.4 Å². The Hall–Kier alpha value is -0.420. The van der Waals surface area contributed by atoms with Crippen molar-refractivity contribution in [1.29, 1.82) is 0 Å². The van der Waals surface area contributed by atoms with E-state index in [-0.39, 0.29) is 11.8 Å². The Morgan fingerprint density at radius 3 is 2.16 bits per heavy atom. The topological polar surface area (TPSA) is 49.4 Å². The maximum absolute atomic E-state index is 11.9. The summed E-state index contributed by atoms with van der Waals surface area (Å²) in [5, 5.41) is 3.69. The lowest BCUT2D eigenvalue weighted by Gasteiger charge is -2.36. The molecule has 5 heteroatoms. The molecule has 0 atom stereocenters. The molecule has 4 nitrogen and oxygen atoms in total. The van der Waals surface area contributed by atoms with E-state index < -0.39 is 10.8 Å². The van der Waals surface area contributed by atoms with Gasteiger partial charge in [0.25, 0.3) is 0 Å². The number of nitrogens with one attached hydrogen (secondary N) is 1. The summed E-state index contributed by atoms with van der Waals surface area (Å²) in [6.07, 6.45) is 4.19. The van der Waals surface area contributed by atoms with E-state index in [0.717, 1.165) is 50.3 Å². The van der Waals surface area contributed by atoms with Crippen molar-refractivity contribution < 1.29 is 9.00 Å². The predicted octanol–water partition coefficient (Wildman–Crippen LogP) is 1.13. The Morgan fingerprint density at radius 1 is 1.11 bits per heavy atom. The van der Waals surface area contributed by atoms with Crippen LogP contribution in [0.5, 0.6) is 0 Å². The molecule has 0 aromatic carbocycles. The first-order chi connectivity index (χ1) is 9.06. The normalized spacial score (nSPS) is 29.7. The molecule has 2 aliphatic rings. The monoisotopic (exact) mass is 286 g/mol. The van der Waals surface area contributed by atoms with Crippen LogP contribution in [0.1, 0.15) is 39.5 Å². The smallest absolute Gasteiger partial charge is 0.225 e. The van der Waals surface area contributed by atoms with Gasteiger partial charge < -0.3 is 10.2 Å².